The van der Waals surface area contributed by atoms with Gasteiger partial charge in [0.15, 0.2) is 0 Å². The molecule has 0 N–H and O–H groups in total. The molecule has 178 valence electrons. The summed E-state index contributed by atoms with van der Waals surface area (Å²) in [5.41, 5.74) is 0.537. The van der Waals surface area contributed by atoms with Crippen molar-refractivity contribution in [1.29, 1.82) is 0 Å². The quantitative estimate of drug-likeness (QED) is 0.637. The summed E-state index contributed by atoms with van der Waals surface area (Å²) >= 11 is 6.04. The van der Waals surface area contributed by atoms with Gasteiger partial charge in [-0.05, 0) is 43.2 Å². The molecule has 4 rings (SSSR count). The smallest absolute Gasteiger partial charge is 0.246 e. The molecule has 2 saturated heterocycles. The molecule has 10 heteroatoms. The van der Waals surface area contributed by atoms with Crippen molar-refractivity contribution in [3.05, 3.63) is 53.3 Å². The molecule has 0 aromatic heterocycles. The molecular formula is C23H27ClFN3O4S. The molecule has 2 aromatic carbocycles. The van der Waals surface area contributed by atoms with Crippen molar-refractivity contribution in [2.24, 2.45) is 5.92 Å². The number of nitrogens with zero attached hydrogens (tertiary/aromatic N) is 3. The summed E-state index contributed by atoms with van der Waals surface area (Å²) in [5.74, 6) is -0.529. The minimum Gasteiger partial charge on any atom is -0.495 e. The number of benzene rings is 2. The number of carbonyl (C=O) groups is 1. The van der Waals surface area contributed by atoms with Gasteiger partial charge in [-0.1, -0.05) is 23.7 Å². The summed E-state index contributed by atoms with van der Waals surface area (Å²) in [7, 11) is -2.46. The Morgan fingerprint density at radius 3 is 2.52 bits per heavy atom. The highest BCUT2D eigenvalue weighted by Crippen LogP contribution is 2.32. The van der Waals surface area contributed by atoms with E-state index < -0.39 is 15.9 Å². The van der Waals surface area contributed by atoms with E-state index in [4.69, 9.17) is 16.3 Å². The van der Waals surface area contributed by atoms with Crippen LogP contribution in [0.5, 0.6) is 5.75 Å². The number of rotatable bonds is 5. The van der Waals surface area contributed by atoms with E-state index in [1.54, 1.807) is 29.2 Å². The van der Waals surface area contributed by atoms with Crippen molar-refractivity contribution < 1.29 is 22.3 Å². The van der Waals surface area contributed by atoms with Gasteiger partial charge in [-0.15, -0.1) is 0 Å². The maximum atomic E-state index is 14.1. The monoisotopic (exact) mass is 495 g/mol. The maximum absolute atomic E-state index is 14.1. The Bertz CT molecular complexity index is 1120. The topological polar surface area (TPSA) is 70.2 Å². The number of methoxy groups -OCH3 is 1. The van der Waals surface area contributed by atoms with Crippen LogP contribution in [0.3, 0.4) is 0 Å². The largest absolute Gasteiger partial charge is 0.495 e. The number of amides is 1. The maximum Gasteiger partial charge on any atom is 0.246 e. The fourth-order valence-corrected chi connectivity index (χ4v) is 6.43. The van der Waals surface area contributed by atoms with E-state index in [9.17, 15) is 17.6 Å². The minimum absolute atomic E-state index is 0.00380. The summed E-state index contributed by atoms with van der Waals surface area (Å²) in [6.45, 7) is 2.45. The number of piperidine rings is 1. The molecule has 2 aromatic rings. The van der Waals surface area contributed by atoms with Gasteiger partial charge in [0.2, 0.25) is 15.9 Å². The van der Waals surface area contributed by atoms with E-state index in [1.165, 1.54) is 29.6 Å². The zero-order valence-corrected chi connectivity index (χ0v) is 20.0. The average Bonchev–Trinajstić information content (AvgIpc) is 2.84. The molecule has 33 heavy (non-hydrogen) atoms. The summed E-state index contributed by atoms with van der Waals surface area (Å²) in [5, 5.41) is 0.298. The van der Waals surface area contributed by atoms with Crippen LogP contribution in [-0.2, 0) is 14.8 Å². The number of hydrogen-bond donors (Lipinski definition) is 0. The van der Waals surface area contributed by atoms with Gasteiger partial charge in [-0.25, -0.2) is 12.8 Å². The highest BCUT2D eigenvalue weighted by Gasteiger charge is 2.37. The Hall–Kier alpha value is -2.36. The molecule has 0 bridgehead atoms. The van der Waals surface area contributed by atoms with E-state index in [-0.39, 0.29) is 28.9 Å². The van der Waals surface area contributed by atoms with Gasteiger partial charge in [0.1, 0.15) is 16.5 Å². The zero-order chi connectivity index (χ0) is 23.6. The van der Waals surface area contributed by atoms with Crippen LogP contribution in [0.2, 0.25) is 5.02 Å². The van der Waals surface area contributed by atoms with Gasteiger partial charge in [0.05, 0.1) is 18.7 Å². The molecule has 1 amide bonds. The summed E-state index contributed by atoms with van der Waals surface area (Å²) in [6.07, 6.45) is 1.22. The lowest BCUT2D eigenvalue weighted by Crippen LogP contribution is -2.53. The summed E-state index contributed by atoms with van der Waals surface area (Å²) in [6, 6.07) is 11.1. The predicted octanol–water partition coefficient (Wildman–Crippen LogP) is 3.24. The third kappa shape index (κ3) is 4.95. The van der Waals surface area contributed by atoms with Crippen molar-refractivity contribution in [3.63, 3.8) is 0 Å². The first-order chi connectivity index (χ1) is 15.8. The lowest BCUT2D eigenvalue weighted by Gasteiger charge is -2.39. The first-order valence-corrected chi connectivity index (χ1v) is 12.7. The Kier molecular flexibility index (Phi) is 7.11. The van der Waals surface area contributed by atoms with Crippen molar-refractivity contribution >= 4 is 33.2 Å². The lowest BCUT2D eigenvalue weighted by atomic mass is 9.97. The van der Waals surface area contributed by atoms with E-state index in [0.717, 1.165) is 0 Å². The van der Waals surface area contributed by atoms with E-state index in [2.05, 4.69) is 0 Å². The van der Waals surface area contributed by atoms with Crippen LogP contribution in [-0.4, -0.2) is 69.9 Å². The Morgan fingerprint density at radius 1 is 1.09 bits per heavy atom. The normalized spacial score (nSPS) is 20.0. The molecule has 2 aliphatic rings. The molecule has 0 spiro atoms. The van der Waals surface area contributed by atoms with Crippen molar-refractivity contribution in [2.45, 2.75) is 17.7 Å². The van der Waals surface area contributed by atoms with E-state index in [1.807, 2.05) is 4.90 Å². The molecule has 0 aliphatic carbocycles. The standard InChI is InChI=1S/C23H27ClFN3O4S/c1-32-21-9-8-18(24)15-22(21)33(30,31)28-10-4-5-17(16-28)23(29)27-13-11-26(12-14-27)20-7-3-2-6-19(20)25/h2-3,6-9,15,17H,4-5,10-14,16H2,1H3/t17-/m0/s1. The molecule has 1 atom stereocenters. The molecule has 0 unspecified atom stereocenters. The summed E-state index contributed by atoms with van der Waals surface area (Å²) < 4.78 is 47.3. The fraction of sp³-hybridized carbons (Fsp3) is 0.435. The van der Waals surface area contributed by atoms with Gasteiger partial charge in [0.25, 0.3) is 0 Å². The molecule has 0 radical (unpaired) electrons. The predicted molar refractivity (Wildman–Crippen MR) is 125 cm³/mol. The van der Waals surface area contributed by atoms with Gasteiger partial charge in [-0.3, -0.25) is 4.79 Å². The number of sulfonamides is 1. The number of anilines is 1. The first kappa shape index (κ1) is 23.8. The van der Waals surface area contributed by atoms with Crippen LogP contribution in [0.15, 0.2) is 47.4 Å². The average molecular weight is 496 g/mol. The van der Waals surface area contributed by atoms with Crippen molar-refractivity contribution in [1.82, 2.24) is 9.21 Å². The molecule has 2 heterocycles. The number of carbonyl (C=O) groups excluding carboxylic acids is 1. The minimum atomic E-state index is -3.87. The second kappa shape index (κ2) is 9.87. The molecular weight excluding hydrogens is 469 g/mol. The van der Waals surface area contributed by atoms with Crippen molar-refractivity contribution in [2.75, 3.05) is 51.3 Å². The second-order valence-corrected chi connectivity index (χ2v) is 10.6. The number of ether oxygens (including phenoxy) is 1. The molecule has 7 nitrogen and oxygen atoms in total. The number of piperazine rings is 1. The molecule has 2 aliphatic heterocycles. The van der Waals surface area contributed by atoms with Crippen LogP contribution in [0, 0.1) is 11.7 Å². The third-order valence-corrected chi connectivity index (χ3v) is 8.38. The Morgan fingerprint density at radius 2 is 1.82 bits per heavy atom. The number of para-hydroxylation sites is 1. The van der Waals surface area contributed by atoms with Crippen LogP contribution in [0.4, 0.5) is 10.1 Å². The molecule has 2 fully saturated rings. The van der Waals surface area contributed by atoms with Crippen molar-refractivity contribution in [3.8, 4) is 5.75 Å². The Labute approximate surface area is 198 Å². The molecule has 0 saturated carbocycles. The van der Waals surface area contributed by atoms with Gasteiger partial charge < -0.3 is 14.5 Å². The lowest BCUT2D eigenvalue weighted by molar-refractivity contribution is -0.137. The number of halogens is 2. The van der Waals surface area contributed by atoms with Crippen LogP contribution >= 0.6 is 11.6 Å². The van der Waals surface area contributed by atoms with Gasteiger partial charge in [-0.2, -0.15) is 4.31 Å². The van der Waals surface area contributed by atoms with Gasteiger partial charge >= 0.3 is 0 Å². The first-order valence-electron chi connectivity index (χ1n) is 10.9. The number of hydrogen-bond acceptors (Lipinski definition) is 5. The van der Waals surface area contributed by atoms with Gasteiger partial charge in [0, 0.05) is 44.3 Å². The highest BCUT2D eigenvalue weighted by atomic mass is 35.5. The SMILES string of the molecule is COc1ccc(Cl)cc1S(=O)(=O)N1CCC[C@H](C(=O)N2CCN(c3ccccc3F)CC2)C1. The highest BCUT2D eigenvalue weighted by molar-refractivity contribution is 7.89. The Balaban J connectivity index is 1.43. The summed E-state index contributed by atoms with van der Waals surface area (Å²) in [4.78, 5) is 16.9. The van der Waals surface area contributed by atoms with E-state index >= 15 is 0 Å². The fourth-order valence-electron chi connectivity index (χ4n) is 4.49. The second-order valence-electron chi connectivity index (χ2n) is 8.26. The third-order valence-electron chi connectivity index (χ3n) is 6.26. The van der Waals surface area contributed by atoms with E-state index in [0.29, 0.717) is 56.3 Å². The van der Waals surface area contributed by atoms with Crippen LogP contribution in [0.1, 0.15) is 12.8 Å². The zero-order valence-electron chi connectivity index (χ0n) is 18.4. The van der Waals surface area contributed by atoms with Crippen LogP contribution < -0.4 is 9.64 Å². The van der Waals surface area contributed by atoms with Crippen LogP contribution in [0.25, 0.3) is 0 Å².